The van der Waals surface area contributed by atoms with Gasteiger partial charge in [0.05, 0.1) is 24.8 Å². The number of carbonyl (C=O) groups excluding carboxylic acids is 1. The number of amides is 1. The van der Waals surface area contributed by atoms with E-state index in [2.05, 4.69) is 20.7 Å². The third kappa shape index (κ3) is 7.40. The summed E-state index contributed by atoms with van der Waals surface area (Å²) in [7, 11) is 0. The molecule has 2 atom stereocenters. The van der Waals surface area contributed by atoms with Gasteiger partial charge in [-0.05, 0) is 37.1 Å². The number of aromatic nitrogens is 4. The summed E-state index contributed by atoms with van der Waals surface area (Å²) < 4.78 is 5.83. The molecule has 0 aliphatic rings. The number of hydrogen-bond acceptors (Lipinski definition) is 6. The molecule has 0 radical (unpaired) electrons. The zero-order valence-corrected chi connectivity index (χ0v) is 18.7. The van der Waals surface area contributed by atoms with Gasteiger partial charge < -0.3 is 15.8 Å². The molecular weight excluding hydrogens is 428 g/mol. The molecule has 0 fully saturated rings. The van der Waals surface area contributed by atoms with Gasteiger partial charge in [-0.1, -0.05) is 68.1 Å². The molecule has 3 aromatic rings. The Balaban J connectivity index is 0.00000256. The molecule has 1 heterocycles. The molecule has 0 saturated heterocycles. The van der Waals surface area contributed by atoms with Crippen LogP contribution in [0.25, 0.3) is 0 Å². The zero-order chi connectivity index (χ0) is 21.6. The van der Waals surface area contributed by atoms with E-state index < -0.39 is 11.6 Å². The fraction of sp³-hybridized carbons (Fsp3) is 0.391. The molecule has 2 aromatic carbocycles. The van der Waals surface area contributed by atoms with Gasteiger partial charge in [0.25, 0.3) is 0 Å². The minimum absolute atomic E-state index is 0. The lowest BCUT2D eigenvalue weighted by Gasteiger charge is -2.22. The predicted molar refractivity (Wildman–Crippen MR) is 127 cm³/mol. The number of hydrogen-bond donors (Lipinski definition) is 2. The van der Waals surface area contributed by atoms with Crippen molar-refractivity contribution in [1.82, 2.24) is 25.5 Å². The van der Waals surface area contributed by atoms with E-state index in [9.17, 15) is 4.79 Å². The van der Waals surface area contributed by atoms with Crippen LogP contribution in [0.2, 0.25) is 0 Å². The Morgan fingerprint density at radius 3 is 2.31 bits per heavy atom. The topological polar surface area (TPSA) is 108 Å². The van der Waals surface area contributed by atoms with Crippen LogP contribution in [0.4, 0.5) is 0 Å². The number of nitrogens with zero attached hydrogens (tertiary/aromatic N) is 4. The Morgan fingerprint density at radius 1 is 1.12 bits per heavy atom. The number of benzene rings is 2. The molecule has 3 rings (SSSR count). The molecule has 32 heavy (non-hydrogen) atoms. The first-order chi connectivity index (χ1) is 14.3. The lowest BCUT2D eigenvalue weighted by Crippen LogP contribution is -2.50. The van der Waals surface area contributed by atoms with Crippen molar-refractivity contribution in [1.29, 1.82) is 0 Å². The maximum atomic E-state index is 12.5. The molecular formula is C23H33ClN6O2. The molecule has 174 valence electrons. The van der Waals surface area contributed by atoms with Crippen molar-refractivity contribution in [3.05, 3.63) is 77.6 Å². The smallest absolute Gasteiger partial charge is 0.240 e. The third-order valence-corrected chi connectivity index (χ3v) is 4.67. The average molecular weight is 461 g/mol. The molecule has 0 bridgehead atoms. The maximum Gasteiger partial charge on any atom is 0.240 e. The number of halogens is 1. The molecule has 8 nitrogen and oxygen atoms in total. The highest BCUT2D eigenvalue weighted by atomic mass is 35.5. The molecule has 3 N–H and O–H groups in total. The highest BCUT2D eigenvalue weighted by Gasteiger charge is 2.28. The Labute approximate surface area is 196 Å². The second-order valence-electron chi connectivity index (χ2n) is 7.80. The summed E-state index contributed by atoms with van der Waals surface area (Å²) in [6.07, 6.45) is 0. The fourth-order valence-electron chi connectivity index (χ4n) is 2.80. The highest BCUT2D eigenvalue weighted by molar-refractivity contribution is 5.85. The molecule has 0 spiro atoms. The quantitative estimate of drug-likeness (QED) is 0.506. The van der Waals surface area contributed by atoms with Gasteiger partial charge in [-0.15, -0.1) is 22.6 Å². The van der Waals surface area contributed by atoms with E-state index in [0.29, 0.717) is 12.4 Å². The van der Waals surface area contributed by atoms with E-state index in [1.807, 2.05) is 67.6 Å². The third-order valence-electron chi connectivity index (χ3n) is 4.67. The minimum atomic E-state index is -1.04. The highest BCUT2D eigenvalue weighted by Crippen LogP contribution is 2.17. The van der Waals surface area contributed by atoms with Crippen LogP contribution in [0, 0.1) is 0 Å². The van der Waals surface area contributed by atoms with E-state index in [-0.39, 0.29) is 38.4 Å². The van der Waals surface area contributed by atoms with Gasteiger partial charge >= 0.3 is 0 Å². The Hall–Kier alpha value is -2.81. The van der Waals surface area contributed by atoms with Gasteiger partial charge in [-0.25, -0.2) is 0 Å². The van der Waals surface area contributed by atoms with Crippen molar-refractivity contribution in [2.75, 3.05) is 6.61 Å². The van der Waals surface area contributed by atoms with E-state index in [4.69, 9.17) is 10.5 Å². The lowest BCUT2D eigenvalue weighted by molar-refractivity contribution is -0.126. The van der Waals surface area contributed by atoms with Crippen molar-refractivity contribution >= 4 is 18.3 Å². The summed E-state index contributed by atoms with van der Waals surface area (Å²) in [5.74, 6) is 0.0618. The summed E-state index contributed by atoms with van der Waals surface area (Å²) >= 11 is 0. The van der Waals surface area contributed by atoms with E-state index in [1.54, 1.807) is 13.8 Å². The van der Waals surface area contributed by atoms with Crippen LogP contribution in [0.1, 0.15) is 57.2 Å². The minimum Gasteiger partial charge on any atom is -0.374 e. The molecule has 9 heteroatoms. The Bertz CT molecular complexity index is 944. The molecule has 0 aliphatic carbocycles. The van der Waals surface area contributed by atoms with E-state index >= 15 is 0 Å². The summed E-state index contributed by atoms with van der Waals surface area (Å²) in [5.41, 5.74) is 7.00. The lowest BCUT2D eigenvalue weighted by atomic mass is 10.1. The first-order valence-electron chi connectivity index (χ1n) is 9.90. The number of ether oxygens (including phenoxy) is 1. The van der Waals surface area contributed by atoms with Crippen molar-refractivity contribution in [3.8, 4) is 0 Å². The van der Waals surface area contributed by atoms with Crippen LogP contribution in [0.3, 0.4) is 0 Å². The van der Waals surface area contributed by atoms with E-state index in [1.165, 1.54) is 4.80 Å². The summed E-state index contributed by atoms with van der Waals surface area (Å²) in [4.78, 5) is 14.0. The van der Waals surface area contributed by atoms with Crippen LogP contribution in [-0.4, -0.2) is 38.3 Å². The van der Waals surface area contributed by atoms with Gasteiger partial charge in [0.2, 0.25) is 5.91 Å². The molecule has 0 aliphatic heterocycles. The maximum absolute atomic E-state index is 12.5. The number of rotatable bonds is 9. The first-order valence-corrected chi connectivity index (χ1v) is 9.90. The number of carbonyl (C=O) groups is 1. The fourth-order valence-corrected chi connectivity index (χ4v) is 2.80. The van der Waals surface area contributed by atoms with Gasteiger partial charge in [0.1, 0.15) is 6.04 Å². The van der Waals surface area contributed by atoms with Gasteiger partial charge in [-0.2, -0.15) is 4.80 Å². The van der Waals surface area contributed by atoms with Gasteiger partial charge in [0.15, 0.2) is 5.82 Å². The zero-order valence-electron chi connectivity index (χ0n) is 17.9. The van der Waals surface area contributed by atoms with Crippen LogP contribution >= 0.6 is 12.4 Å². The Kier molecular flexibility index (Phi) is 10.5. The number of nitrogens with one attached hydrogen (secondary N) is 1. The van der Waals surface area contributed by atoms with Gasteiger partial charge in [-0.3, -0.25) is 4.79 Å². The Morgan fingerprint density at radius 2 is 1.72 bits per heavy atom. The van der Waals surface area contributed by atoms with Crippen LogP contribution in [-0.2, 0) is 16.1 Å². The monoisotopic (exact) mass is 460 g/mol. The van der Waals surface area contributed by atoms with Crippen LogP contribution in [0.5, 0.6) is 0 Å². The van der Waals surface area contributed by atoms with Crippen molar-refractivity contribution in [2.45, 2.75) is 52.4 Å². The van der Waals surface area contributed by atoms with E-state index in [0.717, 1.165) is 11.1 Å². The molecule has 1 aromatic heterocycles. The largest absolute Gasteiger partial charge is 0.374 e. The SMILES string of the molecule is C.CC(c1ccccc1)n1nnc([C@@H](COCc2ccccc2)NC(=O)C(C)(C)N)n1.Cl. The van der Waals surface area contributed by atoms with Gasteiger partial charge in [0, 0.05) is 0 Å². The van der Waals surface area contributed by atoms with Crippen LogP contribution < -0.4 is 11.1 Å². The summed E-state index contributed by atoms with van der Waals surface area (Å²) in [5, 5.41) is 15.7. The van der Waals surface area contributed by atoms with Crippen molar-refractivity contribution in [2.24, 2.45) is 5.73 Å². The molecule has 1 unspecified atom stereocenters. The standard InChI is InChI=1S/C22H28N6O2.CH4.ClH/c1-16(18-12-8-5-9-13-18)28-26-20(25-27-28)19(24-21(29)22(2,3)23)15-30-14-17-10-6-4-7-11-17;;/h4-13,16,19H,14-15,23H2,1-3H3,(H,24,29);1H4;1H/t16?,19-;;/m1../s1. The second-order valence-corrected chi connectivity index (χ2v) is 7.80. The first kappa shape index (κ1) is 27.2. The average Bonchev–Trinajstić information content (AvgIpc) is 3.23. The second kappa shape index (κ2) is 12.3. The predicted octanol–water partition coefficient (Wildman–Crippen LogP) is 3.45. The molecule has 1 amide bonds. The van der Waals surface area contributed by atoms with Crippen LogP contribution in [0.15, 0.2) is 60.7 Å². The number of nitrogens with two attached hydrogens (primary N) is 1. The van der Waals surface area contributed by atoms with Crippen molar-refractivity contribution < 1.29 is 9.53 Å². The molecule has 0 saturated carbocycles. The normalized spacial score (nSPS) is 12.8. The van der Waals surface area contributed by atoms with Crippen molar-refractivity contribution in [3.63, 3.8) is 0 Å². The summed E-state index contributed by atoms with van der Waals surface area (Å²) in [6.45, 7) is 5.89. The number of tetrazole rings is 1. The summed E-state index contributed by atoms with van der Waals surface area (Å²) in [6, 6.07) is 19.0.